The van der Waals surface area contributed by atoms with Gasteiger partial charge in [0, 0.05) is 33.7 Å². The van der Waals surface area contributed by atoms with Crippen molar-refractivity contribution in [2.45, 2.75) is 118 Å². The van der Waals surface area contributed by atoms with Crippen LogP contribution in [0.1, 0.15) is 116 Å². The van der Waals surface area contributed by atoms with Crippen LogP contribution in [0.2, 0.25) is 0 Å². The summed E-state index contributed by atoms with van der Waals surface area (Å²) in [5.74, 6) is 0. The highest BCUT2D eigenvalue weighted by molar-refractivity contribution is 14.1. The Morgan fingerprint density at radius 2 is 1.13 bits per heavy atom. The van der Waals surface area contributed by atoms with Crippen LogP contribution in [0, 0.1) is 14.4 Å². The first-order chi connectivity index (χ1) is 27.9. The third-order valence-corrected chi connectivity index (χ3v) is 13.1. The van der Waals surface area contributed by atoms with E-state index < -0.39 is 11.2 Å². The van der Waals surface area contributed by atoms with E-state index in [9.17, 15) is 9.59 Å². The lowest BCUT2D eigenvalue weighted by Gasteiger charge is -2.44. The number of alkyl carbamates (subject to hydrolysis) is 2. The van der Waals surface area contributed by atoms with Gasteiger partial charge in [0.15, 0.2) is 0 Å². The van der Waals surface area contributed by atoms with Crippen molar-refractivity contribution >= 4 is 72.3 Å². The molecule has 0 saturated carbocycles. The zero-order valence-electron chi connectivity index (χ0n) is 34.9. The molecule has 2 aromatic heterocycles. The lowest BCUT2D eigenvalue weighted by molar-refractivity contribution is 0.0415. The van der Waals surface area contributed by atoms with E-state index in [0.29, 0.717) is 0 Å². The first-order valence-electron chi connectivity index (χ1n) is 20.4. The fraction of sp³-hybridized carbons (Fsp3) is 0.500. The number of piperidine rings is 2. The van der Waals surface area contributed by atoms with Gasteiger partial charge >= 0.3 is 12.2 Å². The molecular weight excluding hydrogens is 1010 g/mol. The molecule has 2 spiro atoms. The van der Waals surface area contributed by atoms with Gasteiger partial charge in [0.05, 0.1) is 24.0 Å². The Balaban J connectivity index is 0.000000226. The van der Waals surface area contributed by atoms with Gasteiger partial charge < -0.3 is 30.3 Å². The molecule has 2 aliphatic carbocycles. The topological polar surface area (TPSA) is 118 Å². The van der Waals surface area contributed by atoms with Gasteiger partial charge in [-0.3, -0.25) is 0 Å². The Hall–Kier alpha value is -3.27. The summed E-state index contributed by atoms with van der Waals surface area (Å²) in [5, 5.41) is 9.81. The van der Waals surface area contributed by atoms with Crippen molar-refractivity contribution in [1.29, 1.82) is 0 Å². The van der Waals surface area contributed by atoms with E-state index in [2.05, 4.69) is 140 Å². The third kappa shape index (κ3) is 13.4. The molecule has 61 heavy (non-hydrogen) atoms. The van der Waals surface area contributed by atoms with E-state index in [1.54, 1.807) is 0 Å². The van der Waals surface area contributed by atoms with E-state index in [1.807, 2.05) is 72.1 Å². The Kier molecular flexibility index (Phi) is 17.7. The first kappa shape index (κ1) is 50.4. The standard InChI is InChI=1S/C23H28BrN3O2.C18H26N2O2.C5H3BrIN.2CH4/c1-22(2,3)29-21(28)26-20-18-7-5-4-6-16(18)14-23(20)10-12-27(13-11-23)17-8-9-19(24)25-15-17;1-17(2,3)22-16(21)20-15-14-7-5-4-6-13(14)12-18(15)8-10-19-11-9-18;6-5-2-1-4(7)3-8-5;;/h4-9,15,20H,10-14H2,1-3H3,(H,26,28);4-7,15,19H,8-12H2,1-3H3,(H,20,21);1-3H;2*1H4/t20-;15-;;;/m11.../s1. The van der Waals surface area contributed by atoms with Gasteiger partial charge in [0.25, 0.3) is 0 Å². The van der Waals surface area contributed by atoms with Crippen molar-refractivity contribution in [3.8, 4) is 0 Å². The summed E-state index contributed by atoms with van der Waals surface area (Å²) in [5.41, 5.74) is 5.53. The van der Waals surface area contributed by atoms with Crippen molar-refractivity contribution in [3.63, 3.8) is 0 Å². The number of anilines is 1. The number of halogens is 3. The maximum absolute atomic E-state index is 12.6. The average Bonchev–Trinajstić information content (AvgIpc) is 3.63. The number of pyridine rings is 2. The quantitative estimate of drug-likeness (QED) is 0.137. The number of benzene rings is 2. The zero-order valence-corrected chi connectivity index (χ0v) is 40.2. The van der Waals surface area contributed by atoms with Crippen LogP contribution in [0.15, 0.2) is 94.4 Å². The number of nitrogens with zero attached hydrogens (tertiary/aromatic N) is 3. The summed E-state index contributed by atoms with van der Waals surface area (Å²) in [6, 6.07) is 25.0. The summed E-state index contributed by atoms with van der Waals surface area (Å²) < 4.78 is 14.0. The van der Waals surface area contributed by atoms with Crippen LogP contribution in [-0.2, 0) is 22.3 Å². The number of rotatable bonds is 3. The van der Waals surface area contributed by atoms with Crippen LogP contribution >= 0.6 is 54.5 Å². The summed E-state index contributed by atoms with van der Waals surface area (Å²) in [6.45, 7) is 15.3. The second-order valence-electron chi connectivity index (χ2n) is 18.0. The van der Waals surface area contributed by atoms with E-state index in [4.69, 9.17) is 9.47 Å². The molecule has 2 amide bonds. The monoisotopic (exact) mass is 1070 g/mol. The molecule has 0 bridgehead atoms. The minimum absolute atomic E-state index is 0. The fourth-order valence-electron chi connectivity index (χ4n) is 8.87. The molecule has 2 saturated heterocycles. The third-order valence-electron chi connectivity index (χ3n) is 11.5. The van der Waals surface area contributed by atoms with Crippen molar-refractivity contribution < 1.29 is 19.1 Å². The Morgan fingerprint density at radius 3 is 1.54 bits per heavy atom. The number of hydrogen-bond acceptors (Lipinski definition) is 8. The first-order valence-corrected chi connectivity index (χ1v) is 23.1. The molecule has 3 N–H and O–H groups in total. The molecule has 2 fully saturated rings. The highest BCUT2D eigenvalue weighted by Gasteiger charge is 2.49. The molecule has 10 nitrogen and oxygen atoms in total. The second kappa shape index (κ2) is 21.4. The smallest absolute Gasteiger partial charge is 0.408 e. The number of carbonyl (C=O) groups excluding carboxylic acids is 2. The van der Waals surface area contributed by atoms with Gasteiger partial charge in [-0.1, -0.05) is 63.4 Å². The predicted molar refractivity (Wildman–Crippen MR) is 263 cm³/mol. The Morgan fingerprint density at radius 1 is 0.689 bits per heavy atom. The van der Waals surface area contributed by atoms with Gasteiger partial charge in [-0.25, -0.2) is 19.6 Å². The van der Waals surface area contributed by atoms with Crippen molar-refractivity contribution in [2.75, 3.05) is 31.1 Å². The molecule has 0 radical (unpaired) electrons. The number of fused-ring (bicyclic) bond motifs is 2. The fourth-order valence-corrected chi connectivity index (χ4v) is 9.66. The van der Waals surface area contributed by atoms with Gasteiger partial charge in [0.2, 0.25) is 0 Å². The van der Waals surface area contributed by atoms with Gasteiger partial charge in [-0.2, -0.15) is 0 Å². The van der Waals surface area contributed by atoms with Gasteiger partial charge in [0.1, 0.15) is 20.4 Å². The zero-order chi connectivity index (χ0) is 42.4. The maximum Gasteiger partial charge on any atom is 0.408 e. The van der Waals surface area contributed by atoms with Gasteiger partial charge in [-0.05, 0) is 194 Å². The summed E-state index contributed by atoms with van der Waals surface area (Å²) in [7, 11) is 0. The number of aromatic nitrogens is 2. The number of hydrogen-bond donors (Lipinski definition) is 3. The molecule has 13 heteroatoms. The highest BCUT2D eigenvalue weighted by Crippen LogP contribution is 2.53. The highest BCUT2D eigenvalue weighted by atomic mass is 127. The van der Waals surface area contributed by atoms with Crippen molar-refractivity contribution in [3.05, 3.63) is 120 Å². The number of amides is 2. The number of ether oxygens (including phenoxy) is 2. The Labute approximate surface area is 394 Å². The number of nitrogens with one attached hydrogen (secondary N) is 3. The van der Waals surface area contributed by atoms with Crippen LogP contribution in [0.4, 0.5) is 15.3 Å². The Bertz CT molecular complexity index is 2020. The normalized spacial score (nSPS) is 19.3. The molecule has 332 valence electrons. The van der Waals surface area contributed by atoms with Crippen LogP contribution in [-0.4, -0.2) is 59.5 Å². The summed E-state index contributed by atoms with van der Waals surface area (Å²) in [4.78, 5) is 35.7. The second-order valence-corrected chi connectivity index (χ2v) is 20.9. The lowest BCUT2D eigenvalue weighted by atomic mass is 9.72. The van der Waals surface area contributed by atoms with Crippen LogP contribution in [0.3, 0.4) is 0 Å². The van der Waals surface area contributed by atoms with Crippen molar-refractivity contribution in [1.82, 2.24) is 25.9 Å². The molecule has 4 aliphatic rings. The predicted octanol–water partition coefficient (Wildman–Crippen LogP) is 12.2. The number of carbonyl (C=O) groups is 2. The SMILES string of the molecule is Brc1ccc(I)cn1.C.C.CC(C)(C)OC(=O)N[C@@H]1c2ccccc2CC12CCN(c1ccc(Br)nc1)CC2.CC(C)(C)OC(=O)N[C@@H]1c2ccccc2CC12CCNCC2. The molecular formula is C48H65Br2IN6O4. The van der Waals surface area contributed by atoms with Gasteiger partial charge in [-0.15, -0.1) is 0 Å². The minimum atomic E-state index is -0.507. The lowest BCUT2D eigenvalue weighted by Crippen LogP contribution is -2.47. The average molecular weight is 1080 g/mol. The molecule has 2 aromatic carbocycles. The molecule has 2 aliphatic heterocycles. The van der Waals surface area contributed by atoms with Crippen LogP contribution < -0.4 is 20.9 Å². The van der Waals surface area contributed by atoms with E-state index >= 15 is 0 Å². The molecule has 2 atom stereocenters. The van der Waals surface area contributed by atoms with Crippen molar-refractivity contribution in [2.24, 2.45) is 10.8 Å². The largest absolute Gasteiger partial charge is 0.444 e. The minimum Gasteiger partial charge on any atom is -0.444 e. The molecule has 0 unspecified atom stereocenters. The van der Waals surface area contributed by atoms with Crippen LogP contribution in [0.5, 0.6) is 0 Å². The maximum atomic E-state index is 12.6. The molecule has 4 aromatic rings. The van der Waals surface area contributed by atoms with Crippen LogP contribution in [0.25, 0.3) is 0 Å². The van der Waals surface area contributed by atoms with E-state index in [1.165, 1.54) is 22.3 Å². The summed E-state index contributed by atoms with van der Waals surface area (Å²) in [6.07, 6.45) is 9.32. The van der Waals surface area contributed by atoms with E-state index in [0.717, 1.165) is 83.2 Å². The summed E-state index contributed by atoms with van der Waals surface area (Å²) >= 11 is 8.85. The molecule has 4 heterocycles. The van der Waals surface area contributed by atoms with E-state index in [-0.39, 0.29) is 50.0 Å². The molecule has 8 rings (SSSR count).